The van der Waals surface area contributed by atoms with Crippen molar-refractivity contribution in [3.63, 3.8) is 0 Å². The van der Waals surface area contributed by atoms with Crippen LogP contribution in [0.3, 0.4) is 0 Å². The average molecular weight is 490 g/mol. The van der Waals surface area contributed by atoms with E-state index in [-0.39, 0.29) is 16.4 Å². The van der Waals surface area contributed by atoms with Crippen molar-refractivity contribution >= 4 is 68.6 Å². The molecule has 0 aliphatic carbocycles. The number of nitrogens with one attached hydrogen (secondary N) is 2. The summed E-state index contributed by atoms with van der Waals surface area (Å²) in [6.07, 6.45) is 0.995. The van der Waals surface area contributed by atoms with Gasteiger partial charge < -0.3 is 5.32 Å². The predicted octanol–water partition coefficient (Wildman–Crippen LogP) is 2.14. The normalized spacial score (nSPS) is 16.5. The van der Waals surface area contributed by atoms with Crippen molar-refractivity contribution < 1.29 is 19.3 Å². The summed E-state index contributed by atoms with van der Waals surface area (Å²) in [6, 6.07) is 11.6. The van der Waals surface area contributed by atoms with Gasteiger partial charge in [-0.25, -0.2) is 5.43 Å². The summed E-state index contributed by atoms with van der Waals surface area (Å²) in [5, 5.41) is 16.7. The molecule has 1 saturated heterocycles. The van der Waals surface area contributed by atoms with Gasteiger partial charge >= 0.3 is 0 Å². The SMILES string of the molecule is O=C(N/N=C\[C@@H]1C(=O)NC(=S)N(c2ccc(Br)cc2)C1=O)c1ccc([N+](=O)[O-])cc1. The van der Waals surface area contributed by atoms with E-state index in [2.05, 4.69) is 31.8 Å². The van der Waals surface area contributed by atoms with Gasteiger partial charge in [0.05, 0.1) is 10.6 Å². The lowest BCUT2D eigenvalue weighted by Crippen LogP contribution is -2.58. The Labute approximate surface area is 183 Å². The summed E-state index contributed by atoms with van der Waals surface area (Å²) >= 11 is 8.39. The number of amides is 3. The number of hydrogen-bond acceptors (Lipinski definition) is 7. The molecule has 0 spiro atoms. The largest absolute Gasteiger partial charge is 0.301 e. The second-order valence-corrected chi connectivity index (χ2v) is 7.25. The lowest BCUT2D eigenvalue weighted by molar-refractivity contribution is -0.384. The Bertz CT molecular complexity index is 1070. The number of nitrogens with zero attached hydrogens (tertiary/aromatic N) is 3. The molecule has 2 aromatic rings. The molecule has 0 unspecified atom stereocenters. The van der Waals surface area contributed by atoms with Crippen LogP contribution in [0.4, 0.5) is 11.4 Å². The number of carbonyl (C=O) groups excluding carboxylic acids is 3. The molecule has 2 N–H and O–H groups in total. The van der Waals surface area contributed by atoms with Crippen molar-refractivity contribution in [2.24, 2.45) is 11.0 Å². The van der Waals surface area contributed by atoms with Crippen LogP contribution in [-0.2, 0) is 9.59 Å². The molecule has 1 atom stereocenters. The first kappa shape index (κ1) is 21.2. The number of hydrogen-bond donors (Lipinski definition) is 2. The van der Waals surface area contributed by atoms with Crippen LogP contribution in [0.5, 0.6) is 0 Å². The molecule has 0 radical (unpaired) electrons. The number of carbonyl (C=O) groups is 3. The Hall–Kier alpha value is -3.51. The van der Waals surface area contributed by atoms with E-state index < -0.39 is 28.6 Å². The van der Waals surface area contributed by atoms with E-state index in [1.807, 2.05) is 0 Å². The van der Waals surface area contributed by atoms with Crippen LogP contribution in [0.1, 0.15) is 10.4 Å². The quantitative estimate of drug-likeness (QED) is 0.217. The molecule has 2 aromatic carbocycles. The zero-order valence-corrected chi connectivity index (χ0v) is 17.3. The fourth-order valence-corrected chi connectivity index (χ4v) is 3.09. The number of halogens is 1. The molecule has 0 aromatic heterocycles. The lowest BCUT2D eigenvalue weighted by atomic mass is 10.1. The second kappa shape index (κ2) is 8.88. The Morgan fingerprint density at radius 1 is 1.20 bits per heavy atom. The fourth-order valence-electron chi connectivity index (χ4n) is 2.53. The van der Waals surface area contributed by atoms with Crippen molar-refractivity contribution in [1.82, 2.24) is 10.7 Å². The van der Waals surface area contributed by atoms with Gasteiger partial charge in [0.1, 0.15) is 0 Å². The number of nitro benzene ring substituents is 1. The van der Waals surface area contributed by atoms with Crippen molar-refractivity contribution in [3.8, 4) is 0 Å². The van der Waals surface area contributed by atoms with E-state index >= 15 is 0 Å². The van der Waals surface area contributed by atoms with Gasteiger partial charge in [-0.3, -0.25) is 29.4 Å². The van der Waals surface area contributed by atoms with E-state index in [1.54, 1.807) is 24.3 Å². The highest BCUT2D eigenvalue weighted by molar-refractivity contribution is 9.10. The van der Waals surface area contributed by atoms with Crippen LogP contribution in [0.15, 0.2) is 58.1 Å². The van der Waals surface area contributed by atoms with Crippen LogP contribution in [0, 0.1) is 16.0 Å². The van der Waals surface area contributed by atoms with Crippen LogP contribution < -0.4 is 15.6 Å². The smallest absolute Gasteiger partial charge is 0.271 e. The Morgan fingerprint density at radius 2 is 1.83 bits per heavy atom. The number of anilines is 1. The third-order valence-corrected chi connectivity index (χ3v) is 4.83. The molecule has 0 bridgehead atoms. The maximum Gasteiger partial charge on any atom is 0.271 e. The van der Waals surface area contributed by atoms with E-state index in [9.17, 15) is 24.5 Å². The zero-order valence-electron chi connectivity index (χ0n) is 14.9. The minimum Gasteiger partial charge on any atom is -0.301 e. The maximum atomic E-state index is 12.8. The van der Waals surface area contributed by atoms with Gasteiger partial charge in [0, 0.05) is 28.4 Å². The lowest BCUT2D eigenvalue weighted by Gasteiger charge is -2.30. The fraction of sp³-hybridized carbons (Fsp3) is 0.0556. The Morgan fingerprint density at radius 3 is 2.43 bits per heavy atom. The number of hydrazone groups is 1. The van der Waals surface area contributed by atoms with Crippen LogP contribution in [0.2, 0.25) is 0 Å². The molecular formula is C18H12BrN5O5S. The van der Waals surface area contributed by atoms with Crippen molar-refractivity contribution in [3.05, 3.63) is 68.7 Å². The third kappa shape index (κ3) is 4.55. The number of rotatable bonds is 5. The molecular weight excluding hydrogens is 478 g/mol. The summed E-state index contributed by atoms with van der Waals surface area (Å²) in [5.41, 5.74) is 2.60. The van der Waals surface area contributed by atoms with E-state index in [0.29, 0.717) is 5.69 Å². The number of nitro groups is 1. The van der Waals surface area contributed by atoms with Gasteiger partial charge in [-0.05, 0) is 48.6 Å². The standard InChI is InChI=1S/C18H12BrN5O5S/c19-11-3-7-12(8-4-11)23-17(27)14(16(26)21-18(23)30)9-20-22-15(25)10-1-5-13(6-2-10)24(28)29/h1-9,14H,(H,22,25)(H,21,26,30)/b20-9-/t14-/m1/s1. The highest BCUT2D eigenvalue weighted by atomic mass is 79.9. The number of non-ortho nitro benzene ring substituents is 1. The number of thiocarbonyl (C=S) groups is 1. The third-order valence-electron chi connectivity index (χ3n) is 4.02. The molecule has 1 heterocycles. The molecule has 12 heteroatoms. The Balaban J connectivity index is 1.71. The molecule has 10 nitrogen and oxygen atoms in total. The highest BCUT2D eigenvalue weighted by Gasteiger charge is 2.38. The summed E-state index contributed by atoms with van der Waals surface area (Å²) in [5.74, 6) is -3.27. The van der Waals surface area contributed by atoms with E-state index in [0.717, 1.165) is 15.6 Å². The first-order chi connectivity index (χ1) is 14.3. The molecule has 0 saturated carbocycles. The van der Waals surface area contributed by atoms with Crippen molar-refractivity contribution in [2.45, 2.75) is 0 Å². The minimum atomic E-state index is -1.31. The van der Waals surface area contributed by atoms with Crippen molar-refractivity contribution in [1.29, 1.82) is 0 Å². The maximum absolute atomic E-state index is 12.8. The first-order valence-electron chi connectivity index (χ1n) is 8.30. The van der Waals surface area contributed by atoms with Gasteiger partial charge in [-0.2, -0.15) is 5.10 Å². The molecule has 1 aliphatic rings. The summed E-state index contributed by atoms with van der Waals surface area (Å²) in [4.78, 5) is 48.3. The molecule has 1 aliphatic heterocycles. The van der Waals surface area contributed by atoms with Gasteiger partial charge in [0.2, 0.25) is 5.91 Å². The highest BCUT2D eigenvalue weighted by Crippen LogP contribution is 2.22. The van der Waals surface area contributed by atoms with Gasteiger partial charge in [0.15, 0.2) is 11.0 Å². The predicted molar refractivity (Wildman–Crippen MR) is 115 cm³/mol. The topological polar surface area (TPSA) is 134 Å². The van der Waals surface area contributed by atoms with Gasteiger partial charge in [0.25, 0.3) is 17.5 Å². The summed E-state index contributed by atoms with van der Waals surface area (Å²) in [6.45, 7) is 0. The average Bonchev–Trinajstić information content (AvgIpc) is 2.71. The van der Waals surface area contributed by atoms with E-state index in [1.165, 1.54) is 24.3 Å². The van der Waals surface area contributed by atoms with Crippen LogP contribution in [0.25, 0.3) is 0 Å². The molecule has 30 heavy (non-hydrogen) atoms. The van der Waals surface area contributed by atoms with Gasteiger partial charge in [-0.15, -0.1) is 0 Å². The molecule has 3 rings (SSSR count). The first-order valence-corrected chi connectivity index (χ1v) is 9.50. The van der Waals surface area contributed by atoms with E-state index in [4.69, 9.17) is 12.2 Å². The second-order valence-electron chi connectivity index (χ2n) is 5.95. The summed E-state index contributed by atoms with van der Waals surface area (Å²) < 4.78 is 0.803. The van der Waals surface area contributed by atoms with Gasteiger partial charge in [-0.1, -0.05) is 15.9 Å². The van der Waals surface area contributed by atoms with Crippen LogP contribution >= 0.6 is 28.1 Å². The molecule has 3 amide bonds. The Kier molecular flexibility index (Phi) is 6.28. The number of benzene rings is 2. The summed E-state index contributed by atoms with van der Waals surface area (Å²) in [7, 11) is 0. The van der Waals surface area contributed by atoms with Crippen molar-refractivity contribution in [2.75, 3.05) is 4.90 Å². The monoisotopic (exact) mass is 489 g/mol. The minimum absolute atomic E-state index is 0.0631. The molecule has 152 valence electrons. The molecule has 1 fully saturated rings. The zero-order chi connectivity index (χ0) is 21.8. The van der Waals surface area contributed by atoms with Crippen LogP contribution in [-0.4, -0.2) is 34.0 Å².